The average molecular weight is 408 g/mol. The molecular formula is C19H22BrNO2S. The van der Waals surface area contributed by atoms with Crippen LogP contribution in [0.5, 0.6) is 5.75 Å². The van der Waals surface area contributed by atoms with Crippen molar-refractivity contribution in [2.75, 3.05) is 18.9 Å². The molecule has 2 rings (SSSR count). The number of rotatable bonds is 8. The minimum absolute atomic E-state index is 0.0234. The molecule has 0 aromatic heterocycles. The predicted octanol–water partition coefficient (Wildman–Crippen LogP) is 4.86. The summed E-state index contributed by atoms with van der Waals surface area (Å²) in [5.74, 6) is 1.88. The summed E-state index contributed by atoms with van der Waals surface area (Å²) in [5, 5.41) is 2.87. The molecule has 0 saturated heterocycles. The second kappa shape index (κ2) is 9.74. The van der Waals surface area contributed by atoms with Crippen LogP contribution < -0.4 is 10.1 Å². The van der Waals surface area contributed by atoms with Crippen molar-refractivity contribution in [3.8, 4) is 5.75 Å². The first-order valence-electron chi connectivity index (χ1n) is 7.93. The van der Waals surface area contributed by atoms with Crippen molar-refractivity contribution in [1.29, 1.82) is 0 Å². The van der Waals surface area contributed by atoms with Gasteiger partial charge in [0.2, 0.25) is 0 Å². The number of hydrogen-bond acceptors (Lipinski definition) is 3. The van der Waals surface area contributed by atoms with Gasteiger partial charge in [0.25, 0.3) is 5.91 Å². The lowest BCUT2D eigenvalue weighted by molar-refractivity contribution is -0.122. The maximum Gasteiger partial charge on any atom is 0.257 e. The summed E-state index contributed by atoms with van der Waals surface area (Å²) in [6.07, 6.45) is 0. The van der Waals surface area contributed by atoms with Gasteiger partial charge in [0, 0.05) is 17.2 Å². The van der Waals surface area contributed by atoms with E-state index in [1.807, 2.05) is 36.4 Å². The summed E-state index contributed by atoms with van der Waals surface area (Å²) in [6, 6.07) is 16.1. The molecule has 0 saturated carbocycles. The highest BCUT2D eigenvalue weighted by atomic mass is 79.9. The van der Waals surface area contributed by atoms with Crippen LogP contribution in [-0.4, -0.2) is 24.8 Å². The number of hydrogen-bond donors (Lipinski definition) is 1. The largest absolute Gasteiger partial charge is 0.483 e. The molecular weight excluding hydrogens is 386 g/mol. The highest BCUT2D eigenvalue weighted by Crippen LogP contribution is 2.28. The summed E-state index contributed by atoms with van der Waals surface area (Å²) in [6.45, 7) is 4.93. The molecule has 0 aliphatic carbocycles. The van der Waals surface area contributed by atoms with Crippen LogP contribution in [0.3, 0.4) is 0 Å². The van der Waals surface area contributed by atoms with E-state index in [0.29, 0.717) is 18.2 Å². The molecule has 24 heavy (non-hydrogen) atoms. The minimum Gasteiger partial charge on any atom is -0.483 e. The van der Waals surface area contributed by atoms with Crippen LogP contribution in [0.15, 0.2) is 57.9 Å². The van der Waals surface area contributed by atoms with Gasteiger partial charge in [-0.1, -0.05) is 38.1 Å². The lowest BCUT2D eigenvalue weighted by Gasteiger charge is -2.11. The van der Waals surface area contributed by atoms with Crippen molar-refractivity contribution in [1.82, 2.24) is 5.32 Å². The van der Waals surface area contributed by atoms with Crippen molar-refractivity contribution < 1.29 is 9.53 Å². The molecule has 0 fully saturated rings. The third-order valence-corrected chi connectivity index (χ3v) is 5.05. The normalized spacial score (nSPS) is 10.7. The van der Waals surface area contributed by atoms with Gasteiger partial charge >= 0.3 is 0 Å². The van der Waals surface area contributed by atoms with E-state index < -0.39 is 0 Å². The van der Waals surface area contributed by atoms with Crippen molar-refractivity contribution in [3.63, 3.8) is 0 Å². The van der Waals surface area contributed by atoms with Crippen molar-refractivity contribution >= 4 is 33.6 Å². The smallest absolute Gasteiger partial charge is 0.257 e. The first kappa shape index (κ1) is 18.9. The number of thioether (sulfide) groups is 1. The van der Waals surface area contributed by atoms with Gasteiger partial charge in [-0.05, 0) is 51.7 Å². The molecule has 2 aromatic carbocycles. The standard InChI is InChI=1S/C19H22BrNO2S/c1-14(2)15-8-9-18(17(20)12-15)23-13-19(22)21-10-11-24-16-6-4-3-5-7-16/h3-9,12,14H,10-11,13H2,1-2H3,(H,21,22). The number of nitrogens with one attached hydrogen (secondary N) is 1. The Kier molecular flexibility index (Phi) is 7.66. The zero-order valence-corrected chi connectivity index (χ0v) is 16.3. The predicted molar refractivity (Wildman–Crippen MR) is 104 cm³/mol. The number of carbonyl (C=O) groups is 1. The molecule has 128 valence electrons. The Balaban J connectivity index is 1.69. The second-order valence-electron chi connectivity index (χ2n) is 5.64. The van der Waals surface area contributed by atoms with Gasteiger partial charge < -0.3 is 10.1 Å². The number of carbonyl (C=O) groups excluding carboxylic acids is 1. The van der Waals surface area contributed by atoms with E-state index >= 15 is 0 Å². The van der Waals surface area contributed by atoms with Gasteiger partial charge in [0.15, 0.2) is 6.61 Å². The lowest BCUT2D eigenvalue weighted by Crippen LogP contribution is -2.30. The zero-order chi connectivity index (χ0) is 17.4. The number of ether oxygens (including phenoxy) is 1. The molecule has 0 bridgehead atoms. The van der Waals surface area contributed by atoms with Crippen molar-refractivity contribution in [3.05, 3.63) is 58.6 Å². The van der Waals surface area contributed by atoms with E-state index in [2.05, 4.69) is 47.2 Å². The van der Waals surface area contributed by atoms with Gasteiger partial charge in [-0.15, -0.1) is 11.8 Å². The number of halogens is 1. The summed E-state index contributed by atoms with van der Waals surface area (Å²) in [5.41, 5.74) is 1.23. The van der Waals surface area contributed by atoms with Crippen LogP contribution in [-0.2, 0) is 4.79 Å². The van der Waals surface area contributed by atoms with Crippen LogP contribution in [0.25, 0.3) is 0 Å². The second-order valence-corrected chi connectivity index (χ2v) is 7.67. The summed E-state index contributed by atoms with van der Waals surface area (Å²) in [4.78, 5) is 13.1. The van der Waals surface area contributed by atoms with E-state index in [9.17, 15) is 4.79 Å². The summed E-state index contributed by atoms with van der Waals surface area (Å²) < 4.78 is 6.46. The van der Waals surface area contributed by atoms with Crippen LogP contribution in [0.2, 0.25) is 0 Å². The summed E-state index contributed by atoms with van der Waals surface area (Å²) >= 11 is 5.22. The van der Waals surface area contributed by atoms with E-state index in [0.717, 1.165) is 10.2 Å². The highest BCUT2D eigenvalue weighted by Gasteiger charge is 2.08. The van der Waals surface area contributed by atoms with Crippen molar-refractivity contribution in [2.24, 2.45) is 0 Å². The quantitative estimate of drug-likeness (QED) is 0.501. The molecule has 0 unspecified atom stereocenters. The Morgan fingerprint density at radius 3 is 2.62 bits per heavy atom. The molecule has 0 aliphatic heterocycles. The molecule has 1 amide bonds. The number of benzene rings is 2. The highest BCUT2D eigenvalue weighted by molar-refractivity contribution is 9.10. The van der Waals surface area contributed by atoms with Gasteiger partial charge in [0.05, 0.1) is 4.47 Å². The third kappa shape index (κ3) is 6.21. The van der Waals surface area contributed by atoms with Crippen LogP contribution in [0.1, 0.15) is 25.3 Å². The SMILES string of the molecule is CC(C)c1ccc(OCC(=O)NCCSc2ccccc2)c(Br)c1. The van der Waals surface area contributed by atoms with Crippen LogP contribution in [0.4, 0.5) is 0 Å². The van der Waals surface area contributed by atoms with Crippen LogP contribution in [0, 0.1) is 0 Å². The topological polar surface area (TPSA) is 38.3 Å². The van der Waals surface area contributed by atoms with Gasteiger partial charge in [0.1, 0.15) is 5.75 Å². The fourth-order valence-electron chi connectivity index (χ4n) is 2.06. The first-order chi connectivity index (χ1) is 11.6. The molecule has 0 spiro atoms. The fraction of sp³-hybridized carbons (Fsp3) is 0.316. The third-order valence-electron chi connectivity index (χ3n) is 3.42. The lowest BCUT2D eigenvalue weighted by atomic mass is 10.0. The van der Waals surface area contributed by atoms with Gasteiger partial charge in [-0.3, -0.25) is 4.79 Å². The van der Waals surface area contributed by atoms with Crippen LogP contribution >= 0.6 is 27.7 Å². The zero-order valence-electron chi connectivity index (χ0n) is 13.9. The first-order valence-corrected chi connectivity index (χ1v) is 9.71. The van der Waals surface area contributed by atoms with Crippen molar-refractivity contribution in [2.45, 2.75) is 24.7 Å². The maximum atomic E-state index is 11.9. The Morgan fingerprint density at radius 1 is 1.21 bits per heavy atom. The molecule has 5 heteroatoms. The monoisotopic (exact) mass is 407 g/mol. The molecule has 1 N–H and O–H groups in total. The molecule has 3 nitrogen and oxygen atoms in total. The maximum absolute atomic E-state index is 11.9. The molecule has 0 aliphatic rings. The van der Waals surface area contributed by atoms with E-state index in [4.69, 9.17) is 4.74 Å². The average Bonchev–Trinajstić information content (AvgIpc) is 2.58. The fourth-order valence-corrected chi connectivity index (χ4v) is 3.36. The Bertz CT molecular complexity index is 662. The van der Waals surface area contributed by atoms with E-state index in [1.54, 1.807) is 11.8 Å². The number of amides is 1. The van der Waals surface area contributed by atoms with E-state index in [1.165, 1.54) is 10.5 Å². The Hall–Kier alpha value is -1.46. The minimum atomic E-state index is -0.108. The molecule has 2 aromatic rings. The summed E-state index contributed by atoms with van der Waals surface area (Å²) in [7, 11) is 0. The molecule has 0 radical (unpaired) electrons. The Labute approximate surface area is 156 Å². The van der Waals surface area contributed by atoms with Gasteiger partial charge in [-0.25, -0.2) is 0 Å². The van der Waals surface area contributed by atoms with E-state index in [-0.39, 0.29) is 12.5 Å². The molecule has 0 heterocycles. The molecule has 0 atom stereocenters. The Morgan fingerprint density at radius 2 is 1.96 bits per heavy atom. The van der Waals surface area contributed by atoms with Gasteiger partial charge in [-0.2, -0.15) is 0 Å².